The van der Waals surface area contributed by atoms with Crippen molar-refractivity contribution < 1.29 is 63.3 Å². The summed E-state index contributed by atoms with van der Waals surface area (Å²) < 4.78 is 0. The number of hydrogen-bond donors (Lipinski definition) is 17. The van der Waals surface area contributed by atoms with Crippen molar-refractivity contribution in [3.8, 4) is 0 Å². The van der Waals surface area contributed by atoms with E-state index in [2.05, 4.69) is 62.5 Å². The van der Waals surface area contributed by atoms with Gasteiger partial charge in [-0.2, -0.15) is 0 Å². The number of imidazole rings is 1. The Morgan fingerprint density at radius 2 is 1.21 bits per heavy atom. The molecular weight excluding hydrogens is 1070 g/mol. The highest BCUT2D eigenvalue weighted by molar-refractivity contribution is 5.98. The van der Waals surface area contributed by atoms with Crippen LogP contribution in [0.2, 0.25) is 0 Å². The molecule has 1 aliphatic carbocycles. The molecule has 0 aliphatic heterocycles. The number of benzene rings is 1. The third-order valence-electron chi connectivity index (χ3n) is 13.1. The standard InChI is InChI=1S/C51H82N18O13/c1-6-26(2)39(49(82)69(24-38(73)74)32-16-17-32)66-44(77)34(15-11-19-59-51(55)56)63-37(72)23-60-47(80)40(28(4)70)68-48(81)41(29(5)71)67-46(79)36(21-31-22-57-25-61-31)65-45(78)35(20-30-12-8-7-9-13-30)64-42(75)27(3)62-43(76)33(52)14-10-18-58-50(53)54/h7-9,12-13,22,25-29,32-36,39-41,70-71H,6,10-11,14-21,23-24,52H2,1-5H3,(H,57,61)(H,60,80)(H,62,76)(H,63,72)(H,64,75)(H,65,78)(H,66,77)(H,67,79)(H,68,81)(H,73,74)(H4,53,54,58)(H4,55,56,59)/t26?,27-,28+,29+,33-,34-,35+,36-,39-,40-,41-/m0/s1. The highest BCUT2D eigenvalue weighted by Crippen LogP contribution is 2.28. The van der Waals surface area contributed by atoms with Crippen LogP contribution in [0.25, 0.3) is 0 Å². The van der Waals surface area contributed by atoms with E-state index < -0.39 is 139 Å². The summed E-state index contributed by atoms with van der Waals surface area (Å²) in [7, 11) is 0. The number of carbonyl (C=O) groups excluding carboxylic acids is 9. The molecule has 1 aliphatic rings. The van der Waals surface area contributed by atoms with Gasteiger partial charge in [0.1, 0.15) is 48.8 Å². The van der Waals surface area contributed by atoms with Gasteiger partial charge in [-0.3, -0.25) is 57.9 Å². The van der Waals surface area contributed by atoms with Gasteiger partial charge in [-0.05, 0) is 70.8 Å². The largest absolute Gasteiger partial charge is 0.480 e. The molecule has 31 heteroatoms. The van der Waals surface area contributed by atoms with Gasteiger partial charge in [0, 0.05) is 43.9 Å². The minimum absolute atomic E-state index is 0.0459. The molecule has 1 aromatic heterocycles. The summed E-state index contributed by atoms with van der Waals surface area (Å²) >= 11 is 0. The number of aromatic nitrogens is 2. The van der Waals surface area contributed by atoms with Crippen LogP contribution in [0.4, 0.5) is 0 Å². The highest BCUT2D eigenvalue weighted by Gasteiger charge is 2.40. The third kappa shape index (κ3) is 23.7. The number of aliphatic hydroxyl groups excluding tert-OH is 2. The van der Waals surface area contributed by atoms with Crippen LogP contribution < -0.4 is 71.2 Å². The van der Waals surface area contributed by atoms with Crippen LogP contribution in [0, 0.1) is 5.92 Å². The number of nitrogens with two attached hydrogens (primary N) is 5. The number of carbonyl (C=O) groups is 10. The van der Waals surface area contributed by atoms with E-state index in [1.165, 1.54) is 24.3 Å². The maximum atomic E-state index is 14.2. The number of nitrogens with zero attached hydrogens (tertiary/aromatic N) is 4. The zero-order valence-corrected chi connectivity index (χ0v) is 46.8. The normalized spacial score (nSPS) is 15.9. The number of hydrogen-bond acceptors (Lipinski definition) is 16. The van der Waals surface area contributed by atoms with E-state index in [0.29, 0.717) is 36.9 Å². The summed E-state index contributed by atoms with van der Waals surface area (Å²) in [5.74, 6) is -10.0. The van der Waals surface area contributed by atoms with Gasteiger partial charge in [0.15, 0.2) is 11.9 Å². The quantitative estimate of drug-likeness (QED) is 0.0172. The SMILES string of the molecule is CCC(C)[C@H](NC(=O)[C@H](CCCN=C(N)N)NC(=O)CNC(=O)[C@@H](NC(=O)[C@@H](NC(=O)[C@H](Cc1cnc[nH]1)NC(=O)[C@@H](Cc1ccccc1)NC(=O)[C@H](C)NC(=O)[C@@H](N)CCCN=C(N)N)[C@@H](C)O)[C@@H](C)O)C(=O)N(CC(=O)O)C1CC1. The van der Waals surface area contributed by atoms with Crippen molar-refractivity contribution in [3.63, 3.8) is 0 Å². The number of H-pyrrole nitrogens is 1. The van der Waals surface area contributed by atoms with Crippen molar-refractivity contribution >= 4 is 71.1 Å². The number of amides is 9. The summed E-state index contributed by atoms with van der Waals surface area (Å²) in [6.45, 7) is 6.01. The molecule has 0 spiro atoms. The number of guanidine groups is 2. The average molecular weight is 1160 g/mol. The summed E-state index contributed by atoms with van der Waals surface area (Å²) in [5.41, 5.74) is 28.5. The summed E-state index contributed by atoms with van der Waals surface area (Å²) in [6.07, 6.45) is 1.22. The van der Waals surface area contributed by atoms with Crippen molar-refractivity contribution in [2.24, 2.45) is 44.6 Å². The number of aliphatic imine (C=N–C) groups is 2. The van der Waals surface area contributed by atoms with Crippen LogP contribution in [0.15, 0.2) is 52.8 Å². The molecule has 1 saturated carbocycles. The topological polar surface area (TPSA) is 514 Å². The van der Waals surface area contributed by atoms with Crippen molar-refractivity contribution in [1.29, 1.82) is 0 Å². The molecule has 2 aromatic rings. The van der Waals surface area contributed by atoms with E-state index in [1.807, 2.05) is 0 Å². The second kappa shape index (κ2) is 34.0. The molecule has 31 nitrogen and oxygen atoms in total. The fourth-order valence-electron chi connectivity index (χ4n) is 8.13. The molecule has 0 bridgehead atoms. The van der Waals surface area contributed by atoms with E-state index >= 15 is 0 Å². The van der Waals surface area contributed by atoms with Crippen LogP contribution in [-0.2, 0) is 60.8 Å². The Morgan fingerprint density at radius 3 is 1.76 bits per heavy atom. The predicted octanol–water partition coefficient (Wildman–Crippen LogP) is -5.96. The maximum Gasteiger partial charge on any atom is 0.323 e. The van der Waals surface area contributed by atoms with E-state index in [0.717, 1.165) is 13.8 Å². The van der Waals surface area contributed by atoms with Gasteiger partial charge in [-0.15, -0.1) is 0 Å². The number of carboxylic acid groups (broad SMARTS) is 1. The van der Waals surface area contributed by atoms with E-state index in [4.69, 9.17) is 28.7 Å². The molecule has 3 rings (SSSR count). The second-order valence-corrected chi connectivity index (χ2v) is 20.1. The highest BCUT2D eigenvalue weighted by atomic mass is 16.4. The van der Waals surface area contributed by atoms with Crippen molar-refractivity contribution in [1.82, 2.24) is 57.4 Å². The number of rotatable bonds is 36. The molecular formula is C51H82N18O13. The minimum Gasteiger partial charge on any atom is -0.480 e. The van der Waals surface area contributed by atoms with Gasteiger partial charge in [0.2, 0.25) is 53.2 Å². The predicted molar refractivity (Wildman–Crippen MR) is 298 cm³/mol. The van der Waals surface area contributed by atoms with Crippen molar-refractivity contribution in [3.05, 3.63) is 54.1 Å². The summed E-state index contributed by atoms with van der Waals surface area (Å²) in [6, 6.07) is -3.06. The lowest BCUT2D eigenvalue weighted by atomic mass is 9.96. The Labute approximate surface area is 474 Å². The lowest BCUT2D eigenvalue weighted by molar-refractivity contribution is -0.147. The van der Waals surface area contributed by atoms with Crippen molar-refractivity contribution in [2.45, 2.75) is 159 Å². The minimum atomic E-state index is -1.85. The fourth-order valence-corrected chi connectivity index (χ4v) is 8.13. The lowest BCUT2D eigenvalue weighted by Gasteiger charge is -2.31. The molecule has 22 N–H and O–H groups in total. The first kappa shape index (κ1) is 67.8. The molecule has 1 heterocycles. The summed E-state index contributed by atoms with van der Waals surface area (Å²) in [5, 5.41) is 50.9. The first-order valence-electron chi connectivity index (χ1n) is 26.9. The average Bonchev–Trinajstić information content (AvgIpc) is 4.14. The van der Waals surface area contributed by atoms with Gasteiger partial charge in [-0.25, -0.2) is 4.98 Å². The fraction of sp³-hybridized carbons (Fsp3) is 0.588. The molecule has 1 fully saturated rings. The molecule has 0 saturated heterocycles. The molecule has 11 atom stereocenters. The molecule has 1 aromatic carbocycles. The zero-order valence-electron chi connectivity index (χ0n) is 46.8. The first-order valence-corrected chi connectivity index (χ1v) is 26.9. The van der Waals surface area contributed by atoms with Gasteiger partial charge < -0.3 is 96.4 Å². The molecule has 9 amide bonds. The number of aliphatic hydroxyl groups is 2. The van der Waals surface area contributed by atoms with E-state index in [9.17, 15) is 63.3 Å². The number of aliphatic carboxylic acids is 1. The number of nitrogens with one attached hydrogen (secondary N) is 9. The Morgan fingerprint density at radius 1 is 0.671 bits per heavy atom. The van der Waals surface area contributed by atoms with Gasteiger partial charge in [-0.1, -0.05) is 50.6 Å². The van der Waals surface area contributed by atoms with E-state index in [1.54, 1.807) is 44.2 Å². The molecule has 82 heavy (non-hydrogen) atoms. The summed E-state index contributed by atoms with van der Waals surface area (Å²) in [4.78, 5) is 151. The zero-order chi connectivity index (χ0) is 61.2. The number of aromatic amines is 1. The van der Waals surface area contributed by atoms with Crippen LogP contribution in [0.3, 0.4) is 0 Å². The maximum absolute atomic E-state index is 14.2. The van der Waals surface area contributed by atoms with Gasteiger partial charge >= 0.3 is 5.97 Å². The lowest BCUT2D eigenvalue weighted by Crippen LogP contribution is -2.63. The van der Waals surface area contributed by atoms with Crippen LogP contribution >= 0.6 is 0 Å². The molecule has 454 valence electrons. The second-order valence-electron chi connectivity index (χ2n) is 20.1. The van der Waals surface area contributed by atoms with Gasteiger partial charge in [0.25, 0.3) is 0 Å². The molecule has 1 unspecified atom stereocenters. The smallest absolute Gasteiger partial charge is 0.323 e. The first-order chi connectivity index (χ1) is 38.7. The van der Waals surface area contributed by atoms with Crippen LogP contribution in [-0.4, -0.2) is 194 Å². The van der Waals surface area contributed by atoms with Crippen LogP contribution in [0.5, 0.6) is 0 Å². The van der Waals surface area contributed by atoms with Crippen LogP contribution in [0.1, 0.15) is 90.8 Å². The number of carboxylic acids is 1. The monoisotopic (exact) mass is 1150 g/mol. The van der Waals surface area contributed by atoms with Crippen molar-refractivity contribution in [2.75, 3.05) is 26.2 Å². The van der Waals surface area contributed by atoms with E-state index in [-0.39, 0.29) is 63.2 Å². The van der Waals surface area contributed by atoms with Gasteiger partial charge in [0.05, 0.1) is 31.1 Å². The Bertz CT molecular complexity index is 2520. The Hall–Kier alpha value is -8.45. The third-order valence-corrected chi connectivity index (χ3v) is 13.1. The Kier molecular flexibility index (Phi) is 28.1. The Balaban J connectivity index is 1.77. The molecule has 0 radical (unpaired) electrons.